The normalized spacial score (nSPS) is 11.4. The molecule has 0 amide bonds. The highest BCUT2D eigenvalue weighted by molar-refractivity contribution is 6.10. The monoisotopic (exact) mass is 676 g/mol. The van der Waals surface area contributed by atoms with Crippen LogP contribution >= 0.6 is 0 Å². The Morgan fingerprint density at radius 3 is 1.57 bits per heavy atom. The van der Waals surface area contributed by atoms with Gasteiger partial charge in [0.2, 0.25) is 0 Å². The van der Waals surface area contributed by atoms with Gasteiger partial charge in [-0.25, -0.2) is 15.0 Å². The van der Waals surface area contributed by atoms with Crippen LogP contribution in [0.2, 0.25) is 0 Å². The Hall–Kier alpha value is -7.17. The van der Waals surface area contributed by atoms with E-state index in [-0.39, 0.29) is 0 Å². The van der Waals surface area contributed by atoms with Crippen molar-refractivity contribution >= 4 is 32.6 Å². The summed E-state index contributed by atoms with van der Waals surface area (Å²) in [6.45, 7) is 0. The molecule has 0 atom stereocenters. The van der Waals surface area contributed by atoms with Gasteiger partial charge in [0, 0.05) is 33.2 Å². The van der Waals surface area contributed by atoms with Gasteiger partial charge in [0.15, 0.2) is 17.5 Å². The van der Waals surface area contributed by atoms with Gasteiger partial charge in [0.25, 0.3) is 0 Å². The number of aromatic nitrogens is 4. The maximum absolute atomic E-state index is 5.07. The predicted octanol–water partition coefficient (Wildman–Crippen LogP) is 12.5. The molecule has 0 aliphatic carbocycles. The van der Waals surface area contributed by atoms with Crippen molar-refractivity contribution in [1.82, 2.24) is 19.5 Å². The summed E-state index contributed by atoms with van der Waals surface area (Å²) in [5, 5.41) is 4.91. The molecule has 0 saturated heterocycles. The molecule has 8 aromatic carbocycles. The van der Waals surface area contributed by atoms with Gasteiger partial charge in [-0.15, -0.1) is 0 Å². The summed E-state index contributed by atoms with van der Waals surface area (Å²) >= 11 is 0. The van der Waals surface area contributed by atoms with Crippen molar-refractivity contribution in [3.8, 4) is 62.1 Å². The lowest BCUT2D eigenvalue weighted by atomic mass is 10.0. The Morgan fingerprint density at radius 2 is 0.792 bits per heavy atom. The molecule has 0 fully saturated rings. The van der Waals surface area contributed by atoms with E-state index in [1.165, 1.54) is 32.6 Å². The van der Waals surface area contributed by atoms with Gasteiger partial charge in [0.05, 0.1) is 11.0 Å². The highest BCUT2D eigenvalue weighted by atomic mass is 15.0. The van der Waals surface area contributed by atoms with E-state index < -0.39 is 0 Å². The Kier molecular flexibility index (Phi) is 7.43. The second kappa shape index (κ2) is 12.9. The summed E-state index contributed by atoms with van der Waals surface area (Å²) in [4.78, 5) is 15.1. The Bertz CT molecular complexity index is 2930. The molecule has 248 valence electrons. The lowest BCUT2D eigenvalue weighted by Gasteiger charge is -2.11. The van der Waals surface area contributed by atoms with Crippen LogP contribution in [0.5, 0.6) is 0 Å². The average Bonchev–Trinajstić information content (AvgIpc) is 3.58. The number of fused-ring (bicyclic) bond motifs is 4. The number of hydrogen-bond donors (Lipinski definition) is 0. The van der Waals surface area contributed by atoms with Crippen LogP contribution in [-0.4, -0.2) is 19.5 Å². The van der Waals surface area contributed by atoms with Crippen LogP contribution in [0.3, 0.4) is 0 Å². The fraction of sp³-hybridized carbons (Fsp3) is 0. The number of para-hydroxylation sites is 1. The van der Waals surface area contributed by atoms with E-state index in [1.807, 2.05) is 36.4 Å². The minimum absolute atomic E-state index is 0.634. The SMILES string of the molecule is c1ccc(-c2ccc(-c3nc(-c4ccccc4)nc(-c4cccc(-c5ccc6c7ccccc7n(-c7ccc8ccccc8c7)c6c5)c4)n3)cc2)cc1. The van der Waals surface area contributed by atoms with Crippen LogP contribution in [-0.2, 0) is 0 Å². The molecule has 10 rings (SSSR count). The fourth-order valence-electron chi connectivity index (χ4n) is 7.37. The van der Waals surface area contributed by atoms with Crippen molar-refractivity contribution in [2.75, 3.05) is 0 Å². The molecule has 0 bridgehead atoms. The molecule has 0 aliphatic heterocycles. The lowest BCUT2D eigenvalue weighted by molar-refractivity contribution is 1.07. The summed E-state index contributed by atoms with van der Waals surface area (Å²) in [5.41, 5.74) is 10.8. The minimum Gasteiger partial charge on any atom is -0.309 e. The highest BCUT2D eigenvalue weighted by Crippen LogP contribution is 2.36. The van der Waals surface area contributed by atoms with Crippen LogP contribution in [0.15, 0.2) is 194 Å². The molecule has 4 heteroatoms. The van der Waals surface area contributed by atoms with Crippen LogP contribution in [0.25, 0.3) is 94.7 Å². The van der Waals surface area contributed by atoms with Crippen LogP contribution in [0.4, 0.5) is 0 Å². The summed E-state index contributed by atoms with van der Waals surface area (Å²) in [5.74, 6) is 1.92. The summed E-state index contributed by atoms with van der Waals surface area (Å²) in [7, 11) is 0. The van der Waals surface area contributed by atoms with Gasteiger partial charge < -0.3 is 4.57 Å². The van der Waals surface area contributed by atoms with Gasteiger partial charge in [-0.05, 0) is 63.4 Å². The third-order valence-corrected chi connectivity index (χ3v) is 10.0. The lowest BCUT2D eigenvalue weighted by Crippen LogP contribution is -2.00. The first kappa shape index (κ1) is 30.6. The number of benzene rings is 8. The zero-order chi connectivity index (χ0) is 35.1. The van der Waals surface area contributed by atoms with Gasteiger partial charge >= 0.3 is 0 Å². The van der Waals surface area contributed by atoms with E-state index in [0.717, 1.165) is 44.6 Å². The van der Waals surface area contributed by atoms with E-state index in [9.17, 15) is 0 Å². The number of hydrogen-bond acceptors (Lipinski definition) is 3. The molecule has 0 saturated carbocycles. The maximum Gasteiger partial charge on any atom is 0.164 e. The smallest absolute Gasteiger partial charge is 0.164 e. The first-order chi connectivity index (χ1) is 26.2. The van der Waals surface area contributed by atoms with Crippen molar-refractivity contribution in [3.05, 3.63) is 194 Å². The Morgan fingerprint density at radius 1 is 0.283 bits per heavy atom. The molecule has 2 aromatic heterocycles. The van der Waals surface area contributed by atoms with E-state index in [4.69, 9.17) is 15.0 Å². The molecule has 0 N–H and O–H groups in total. The maximum atomic E-state index is 5.07. The van der Waals surface area contributed by atoms with E-state index in [1.54, 1.807) is 0 Å². The van der Waals surface area contributed by atoms with E-state index in [2.05, 4.69) is 162 Å². The van der Waals surface area contributed by atoms with Crippen molar-refractivity contribution in [3.63, 3.8) is 0 Å². The second-order valence-electron chi connectivity index (χ2n) is 13.3. The zero-order valence-electron chi connectivity index (χ0n) is 28.8. The average molecular weight is 677 g/mol. The number of nitrogens with zero attached hydrogens (tertiary/aromatic N) is 4. The Labute approximate surface area is 307 Å². The van der Waals surface area contributed by atoms with Crippen molar-refractivity contribution in [1.29, 1.82) is 0 Å². The Balaban J connectivity index is 1.09. The minimum atomic E-state index is 0.634. The second-order valence-corrected chi connectivity index (χ2v) is 13.3. The van der Waals surface area contributed by atoms with Gasteiger partial charge in [0.1, 0.15) is 0 Å². The first-order valence-corrected chi connectivity index (χ1v) is 17.9. The summed E-state index contributed by atoms with van der Waals surface area (Å²) < 4.78 is 2.39. The molecule has 0 spiro atoms. The van der Waals surface area contributed by atoms with Crippen LogP contribution in [0.1, 0.15) is 0 Å². The molecule has 0 aliphatic rings. The highest BCUT2D eigenvalue weighted by Gasteiger charge is 2.16. The molecule has 10 aromatic rings. The topological polar surface area (TPSA) is 43.6 Å². The molecule has 2 heterocycles. The van der Waals surface area contributed by atoms with Gasteiger partial charge in [-0.1, -0.05) is 164 Å². The quantitative estimate of drug-likeness (QED) is 0.176. The van der Waals surface area contributed by atoms with E-state index >= 15 is 0 Å². The molecular formula is C49H32N4. The molecule has 53 heavy (non-hydrogen) atoms. The fourth-order valence-corrected chi connectivity index (χ4v) is 7.37. The summed E-state index contributed by atoms with van der Waals surface area (Å²) in [6.07, 6.45) is 0. The van der Waals surface area contributed by atoms with Crippen LogP contribution in [0, 0.1) is 0 Å². The number of rotatable bonds is 6. The largest absolute Gasteiger partial charge is 0.309 e. The van der Waals surface area contributed by atoms with Gasteiger partial charge in [-0.3, -0.25) is 0 Å². The summed E-state index contributed by atoms with van der Waals surface area (Å²) in [6, 6.07) is 68.2. The van der Waals surface area contributed by atoms with Crippen molar-refractivity contribution < 1.29 is 0 Å². The standard InChI is InChI=1S/C49H32N4/c1-3-12-33(13-4-1)35-22-24-37(25-23-35)48-50-47(36-15-5-2-6-16-36)51-49(52-48)41-19-11-18-38(30-41)40-27-29-44-43-20-9-10-21-45(43)53(46(44)32-40)42-28-26-34-14-7-8-17-39(34)31-42/h1-32H. The van der Waals surface area contributed by atoms with Crippen LogP contribution < -0.4 is 0 Å². The van der Waals surface area contributed by atoms with Crippen molar-refractivity contribution in [2.24, 2.45) is 0 Å². The van der Waals surface area contributed by atoms with Crippen molar-refractivity contribution in [2.45, 2.75) is 0 Å². The molecule has 0 radical (unpaired) electrons. The van der Waals surface area contributed by atoms with Gasteiger partial charge in [-0.2, -0.15) is 0 Å². The molecule has 0 unspecified atom stereocenters. The molecule has 4 nitrogen and oxygen atoms in total. The zero-order valence-corrected chi connectivity index (χ0v) is 28.8. The third kappa shape index (κ3) is 5.63. The van der Waals surface area contributed by atoms with E-state index in [0.29, 0.717) is 17.5 Å². The predicted molar refractivity (Wildman–Crippen MR) is 219 cm³/mol. The third-order valence-electron chi connectivity index (χ3n) is 10.0. The molecular weight excluding hydrogens is 645 g/mol. The first-order valence-electron chi connectivity index (χ1n) is 17.9.